The van der Waals surface area contributed by atoms with Crippen molar-refractivity contribution in [2.75, 3.05) is 7.11 Å². The fraction of sp³-hybridized carbons (Fsp3) is 0.0909. The van der Waals surface area contributed by atoms with E-state index in [4.69, 9.17) is 4.74 Å². The second kappa shape index (κ2) is 8.16. The highest BCUT2D eigenvalue weighted by atomic mass is 32.2. The van der Waals surface area contributed by atoms with Gasteiger partial charge in [-0.2, -0.15) is 0 Å². The van der Waals surface area contributed by atoms with Gasteiger partial charge in [-0.3, -0.25) is 10.1 Å². The molecule has 0 aliphatic carbocycles. The van der Waals surface area contributed by atoms with Crippen LogP contribution in [-0.2, 0) is 6.54 Å². The van der Waals surface area contributed by atoms with Gasteiger partial charge in [0.15, 0.2) is 0 Å². The van der Waals surface area contributed by atoms with Gasteiger partial charge in [-0.1, -0.05) is 23.9 Å². The number of methoxy groups -OCH3 is 1. The van der Waals surface area contributed by atoms with Crippen molar-refractivity contribution in [1.82, 2.24) is 4.57 Å². The predicted molar refractivity (Wildman–Crippen MR) is 111 cm³/mol. The fourth-order valence-electron chi connectivity index (χ4n) is 3.29. The second-order valence-electron chi connectivity index (χ2n) is 6.61. The average Bonchev–Trinajstić information content (AvgIpc) is 3.04. The molecule has 0 amide bonds. The summed E-state index contributed by atoms with van der Waals surface area (Å²) in [7, 11) is 1.55. The van der Waals surface area contributed by atoms with Gasteiger partial charge in [0.25, 0.3) is 5.69 Å². The minimum atomic E-state index is -0.645. The highest BCUT2D eigenvalue weighted by Gasteiger charge is 2.17. The summed E-state index contributed by atoms with van der Waals surface area (Å²) in [6, 6.07) is 15.4. The van der Waals surface area contributed by atoms with Crippen molar-refractivity contribution in [2.24, 2.45) is 0 Å². The van der Waals surface area contributed by atoms with Crippen LogP contribution in [0.15, 0.2) is 76.7 Å². The van der Waals surface area contributed by atoms with Crippen LogP contribution in [0.4, 0.5) is 14.5 Å². The molecular weight excluding hydrogens is 410 g/mol. The van der Waals surface area contributed by atoms with E-state index in [0.717, 1.165) is 21.9 Å². The molecule has 152 valence electrons. The molecule has 1 heterocycles. The molecule has 0 atom stereocenters. The lowest BCUT2D eigenvalue weighted by atomic mass is 10.2. The second-order valence-corrected chi connectivity index (χ2v) is 7.69. The number of halogens is 2. The van der Waals surface area contributed by atoms with Crippen molar-refractivity contribution in [3.8, 4) is 5.75 Å². The topological polar surface area (TPSA) is 57.3 Å². The molecule has 0 aliphatic rings. The third kappa shape index (κ3) is 3.99. The summed E-state index contributed by atoms with van der Waals surface area (Å²) in [4.78, 5) is 12.3. The van der Waals surface area contributed by atoms with Crippen LogP contribution in [0.2, 0.25) is 0 Å². The van der Waals surface area contributed by atoms with Crippen LogP contribution in [0, 0.1) is 21.7 Å². The summed E-state index contributed by atoms with van der Waals surface area (Å²) in [5, 5.41) is 12.2. The maximum Gasteiger partial charge on any atom is 0.283 e. The maximum atomic E-state index is 13.6. The van der Waals surface area contributed by atoms with E-state index in [1.165, 1.54) is 30.0 Å². The zero-order chi connectivity index (χ0) is 21.3. The number of ether oxygens (including phenoxy) is 1. The van der Waals surface area contributed by atoms with E-state index in [1.807, 2.05) is 22.9 Å². The molecule has 0 saturated heterocycles. The summed E-state index contributed by atoms with van der Waals surface area (Å²) in [5.41, 5.74) is 1.28. The Morgan fingerprint density at radius 3 is 2.47 bits per heavy atom. The van der Waals surface area contributed by atoms with E-state index in [2.05, 4.69) is 0 Å². The largest absolute Gasteiger partial charge is 0.497 e. The monoisotopic (exact) mass is 426 g/mol. The number of para-hydroxylation sites is 1. The first-order valence-electron chi connectivity index (χ1n) is 8.98. The molecule has 0 spiro atoms. The van der Waals surface area contributed by atoms with Crippen molar-refractivity contribution in [2.45, 2.75) is 16.3 Å². The Hall–Kier alpha value is -3.39. The van der Waals surface area contributed by atoms with Crippen LogP contribution in [0.3, 0.4) is 0 Å². The third-order valence-electron chi connectivity index (χ3n) is 4.61. The summed E-state index contributed by atoms with van der Waals surface area (Å²) < 4.78 is 34.4. The quantitative estimate of drug-likeness (QED) is 0.279. The van der Waals surface area contributed by atoms with Gasteiger partial charge in [-0.05, 0) is 35.9 Å². The Bertz CT molecular complexity index is 1240. The van der Waals surface area contributed by atoms with Gasteiger partial charge < -0.3 is 9.30 Å². The molecule has 3 aromatic carbocycles. The SMILES string of the molecule is COc1ccc2c(Sc3ccccc3[N+](=O)[O-])cn(Cc3cc(F)cc(F)c3)c2c1. The first-order valence-corrected chi connectivity index (χ1v) is 9.79. The number of nitrogens with zero attached hydrogens (tertiary/aromatic N) is 2. The molecule has 5 nitrogen and oxygen atoms in total. The molecule has 0 unspecified atom stereocenters. The number of nitro benzene ring substituents is 1. The van der Waals surface area contributed by atoms with E-state index in [9.17, 15) is 18.9 Å². The number of aromatic nitrogens is 1. The average molecular weight is 426 g/mol. The van der Waals surface area contributed by atoms with Crippen LogP contribution in [-0.4, -0.2) is 16.6 Å². The molecular formula is C22H16F2N2O3S. The normalized spacial score (nSPS) is 11.0. The Kier molecular flexibility index (Phi) is 5.41. The predicted octanol–water partition coefficient (Wildman–Crippen LogP) is 6.04. The first kappa shape index (κ1) is 19.9. The molecule has 1 aromatic heterocycles. The van der Waals surface area contributed by atoms with Crippen LogP contribution in [0.1, 0.15) is 5.56 Å². The fourth-order valence-corrected chi connectivity index (χ4v) is 4.38. The van der Waals surface area contributed by atoms with Gasteiger partial charge in [0.1, 0.15) is 17.4 Å². The number of benzene rings is 3. The molecule has 4 rings (SSSR count). The van der Waals surface area contributed by atoms with Gasteiger partial charge in [0, 0.05) is 41.2 Å². The van der Waals surface area contributed by atoms with Crippen molar-refractivity contribution < 1.29 is 18.4 Å². The molecule has 4 aromatic rings. The van der Waals surface area contributed by atoms with Crippen molar-refractivity contribution in [3.63, 3.8) is 0 Å². The van der Waals surface area contributed by atoms with Gasteiger partial charge >= 0.3 is 0 Å². The Morgan fingerprint density at radius 1 is 1.03 bits per heavy atom. The zero-order valence-corrected chi connectivity index (χ0v) is 16.7. The van der Waals surface area contributed by atoms with E-state index in [1.54, 1.807) is 31.4 Å². The number of hydrogen-bond donors (Lipinski definition) is 0. The highest BCUT2D eigenvalue weighted by molar-refractivity contribution is 7.99. The zero-order valence-electron chi connectivity index (χ0n) is 15.8. The molecule has 0 radical (unpaired) electrons. The summed E-state index contributed by atoms with van der Waals surface area (Å²) in [6.45, 7) is 0.232. The lowest BCUT2D eigenvalue weighted by Gasteiger charge is -2.07. The van der Waals surface area contributed by atoms with Crippen LogP contribution in [0.5, 0.6) is 5.75 Å². The van der Waals surface area contributed by atoms with Gasteiger partial charge in [0.05, 0.1) is 22.4 Å². The third-order valence-corrected chi connectivity index (χ3v) is 5.72. The number of nitro groups is 1. The van der Waals surface area contributed by atoms with Crippen LogP contribution >= 0.6 is 11.8 Å². The molecule has 0 aliphatic heterocycles. The van der Waals surface area contributed by atoms with Gasteiger partial charge in [-0.15, -0.1) is 0 Å². The highest BCUT2D eigenvalue weighted by Crippen LogP contribution is 2.40. The van der Waals surface area contributed by atoms with E-state index in [-0.39, 0.29) is 12.2 Å². The number of hydrogen-bond acceptors (Lipinski definition) is 4. The molecule has 0 saturated carbocycles. The summed E-state index contributed by atoms with van der Waals surface area (Å²) >= 11 is 1.27. The minimum absolute atomic E-state index is 0.0177. The van der Waals surface area contributed by atoms with Crippen LogP contribution < -0.4 is 4.74 Å². The van der Waals surface area contributed by atoms with E-state index in [0.29, 0.717) is 16.2 Å². The van der Waals surface area contributed by atoms with Crippen molar-refractivity contribution in [3.05, 3.63) is 94.2 Å². The molecule has 30 heavy (non-hydrogen) atoms. The summed E-state index contributed by atoms with van der Waals surface area (Å²) in [6.07, 6.45) is 1.83. The molecule has 8 heteroatoms. The van der Waals surface area contributed by atoms with Crippen LogP contribution in [0.25, 0.3) is 10.9 Å². The van der Waals surface area contributed by atoms with Crippen molar-refractivity contribution >= 4 is 28.4 Å². The number of rotatable bonds is 6. The first-order chi connectivity index (χ1) is 14.4. The minimum Gasteiger partial charge on any atom is -0.497 e. The van der Waals surface area contributed by atoms with Gasteiger partial charge in [-0.25, -0.2) is 8.78 Å². The Morgan fingerprint density at radius 2 is 1.77 bits per heavy atom. The molecule has 0 N–H and O–H groups in total. The van der Waals surface area contributed by atoms with Gasteiger partial charge in [0.2, 0.25) is 0 Å². The Balaban J connectivity index is 1.80. The Labute approximate surface area is 175 Å². The smallest absolute Gasteiger partial charge is 0.283 e. The van der Waals surface area contributed by atoms with E-state index < -0.39 is 16.6 Å². The maximum absolute atomic E-state index is 13.6. The summed E-state index contributed by atoms with van der Waals surface area (Å²) in [5.74, 6) is -0.656. The molecule has 0 fully saturated rings. The lowest BCUT2D eigenvalue weighted by molar-refractivity contribution is -0.387. The lowest BCUT2D eigenvalue weighted by Crippen LogP contribution is -1.99. The standard InChI is InChI=1S/C22H16F2N2O3S/c1-29-17-6-7-18-20(11-17)25(12-14-8-15(23)10-16(24)9-14)13-22(18)30-21-5-3-2-4-19(21)26(27)28/h2-11,13H,12H2,1H3. The molecule has 0 bridgehead atoms. The van der Waals surface area contributed by atoms with E-state index >= 15 is 0 Å². The number of fused-ring (bicyclic) bond motifs is 1. The van der Waals surface area contributed by atoms with Crippen molar-refractivity contribution in [1.29, 1.82) is 0 Å².